The lowest BCUT2D eigenvalue weighted by atomic mass is 10.0. The van der Waals surface area contributed by atoms with Gasteiger partial charge in [0.15, 0.2) is 0 Å². The fourth-order valence-corrected chi connectivity index (χ4v) is 2.15. The Balaban J connectivity index is 1.70. The predicted molar refractivity (Wildman–Crippen MR) is 78.5 cm³/mol. The van der Waals surface area contributed by atoms with Gasteiger partial charge >= 0.3 is 6.03 Å². The van der Waals surface area contributed by atoms with Crippen LogP contribution in [0.2, 0.25) is 0 Å². The second kappa shape index (κ2) is 7.52. The molecular weight excluding hydrogens is 270 g/mol. The summed E-state index contributed by atoms with van der Waals surface area (Å²) in [6, 6.07) is 2.66. The summed E-state index contributed by atoms with van der Waals surface area (Å²) in [6.07, 6.45) is 8.67. The van der Waals surface area contributed by atoms with E-state index in [1.165, 1.54) is 0 Å². The van der Waals surface area contributed by atoms with Crippen molar-refractivity contribution < 1.29 is 14.0 Å². The standard InChI is InChI=1S/C15H21N3O3/c1-11(14(19)16-10-13-8-5-9-21-13)17-15(20)18-12-6-3-2-4-7-12/h3,5-6,8-9,11-12H,2,4,7,10H2,1H3,(H,16,19)(H2,17,18,20)/t11-,12+/m0/s1. The number of hydrogen-bond acceptors (Lipinski definition) is 3. The molecule has 0 spiro atoms. The monoisotopic (exact) mass is 291 g/mol. The van der Waals surface area contributed by atoms with Gasteiger partial charge in [-0.25, -0.2) is 4.79 Å². The van der Waals surface area contributed by atoms with E-state index in [1.54, 1.807) is 25.3 Å². The Morgan fingerprint density at radius 1 is 1.48 bits per heavy atom. The maximum Gasteiger partial charge on any atom is 0.315 e. The highest BCUT2D eigenvalue weighted by atomic mass is 16.3. The maximum absolute atomic E-state index is 11.9. The molecule has 0 aliphatic heterocycles. The molecule has 2 atom stereocenters. The van der Waals surface area contributed by atoms with Crippen molar-refractivity contribution in [3.05, 3.63) is 36.3 Å². The molecule has 0 unspecified atom stereocenters. The molecule has 3 N–H and O–H groups in total. The van der Waals surface area contributed by atoms with Crippen molar-refractivity contribution in [3.63, 3.8) is 0 Å². The number of urea groups is 1. The highest BCUT2D eigenvalue weighted by molar-refractivity contribution is 5.86. The van der Waals surface area contributed by atoms with Gasteiger partial charge in [0.1, 0.15) is 11.8 Å². The lowest BCUT2D eigenvalue weighted by molar-refractivity contribution is -0.122. The van der Waals surface area contributed by atoms with Crippen molar-refractivity contribution >= 4 is 11.9 Å². The molecule has 3 amide bonds. The van der Waals surface area contributed by atoms with Gasteiger partial charge in [0.05, 0.1) is 12.8 Å². The minimum atomic E-state index is -0.604. The molecule has 1 aliphatic carbocycles. The van der Waals surface area contributed by atoms with E-state index in [0.29, 0.717) is 12.3 Å². The number of nitrogens with one attached hydrogen (secondary N) is 3. The molecule has 1 aliphatic rings. The third-order valence-corrected chi connectivity index (χ3v) is 3.33. The summed E-state index contributed by atoms with van der Waals surface area (Å²) in [6.45, 7) is 1.96. The van der Waals surface area contributed by atoms with Crippen LogP contribution in [0.25, 0.3) is 0 Å². The quantitative estimate of drug-likeness (QED) is 0.722. The Labute approximate surface area is 124 Å². The number of hydrogen-bond donors (Lipinski definition) is 3. The van der Waals surface area contributed by atoms with Crippen LogP contribution in [-0.4, -0.2) is 24.0 Å². The average Bonchev–Trinajstić information content (AvgIpc) is 2.98. The van der Waals surface area contributed by atoms with Crippen LogP contribution in [0.3, 0.4) is 0 Å². The summed E-state index contributed by atoms with van der Waals surface area (Å²) >= 11 is 0. The summed E-state index contributed by atoms with van der Waals surface area (Å²) in [5.74, 6) is 0.424. The van der Waals surface area contributed by atoms with Crippen LogP contribution in [0, 0.1) is 0 Å². The molecule has 6 heteroatoms. The molecule has 21 heavy (non-hydrogen) atoms. The number of carbonyl (C=O) groups excluding carboxylic acids is 2. The number of rotatable bonds is 5. The first-order valence-electron chi connectivity index (χ1n) is 7.19. The molecule has 0 aromatic carbocycles. The molecular formula is C15H21N3O3. The van der Waals surface area contributed by atoms with Crippen LogP contribution >= 0.6 is 0 Å². The van der Waals surface area contributed by atoms with Gasteiger partial charge in [-0.1, -0.05) is 12.2 Å². The Bertz CT molecular complexity index is 496. The molecule has 0 saturated heterocycles. The Morgan fingerprint density at radius 2 is 2.33 bits per heavy atom. The Hall–Kier alpha value is -2.24. The first kappa shape index (κ1) is 15.2. The summed E-state index contributed by atoms with van der Waals surface area (Å²) < 4.78 is 5.12. The molecule has 0 radical (unpaired) electrons. The smallest absolute Gasteiger partial charge is 0.315 e. The number of furan rings is 1. The zero-order chi connectivity index (χ0) is 15.1. The summed E-state index contributed by atoms with van der Waals surface area (Å²) in [5, 5.41) is 8.17. The fraction of sp³-hybridized carbons (Fsp3) is 0.467. The van der Waals surface area contributed by atoms with Crippen LogP contribution in [0.5, 0.6) is 0 Å². The van der Waals surface area contributed by atoms with E-state index in [1.807, 2.05) is 6.08 Å². The summed E-state index contributed by atoms with van der Waals surface area (Å²) in [7, 11) is 0. The highest BCUT2D eigenvalue weighted by Gasteiger charge is 2.17. The summed E-state index contributed by atoms with van der Waals surface area (Å²) in [5.41, 5.74) is 0. The maximum atomic E-state index is 11.9. The molecule has 6 nitrogen and oxygen atoms in total. The molecule has 2 rings (SSSR count). The van der Waals surface area contributed by atoms with E-state index >= 15 is 0 Å². The van der Waals surface area contributed by atoms with E-state index in [0.717, 1.165) is 19.3 Å². The number of allylic oxidation sites excluding steroid dienone is 1. The third kappa shape index (κ3) is 4.98. The molecule has 0 bridgehead atoms. The lowest BCUT2D eigenvalue weighted by Crippen LogP contribution is -2.50. The number of carbonyl (C=O) groups is 2. The van der Waals surface area contributed by atoms with E-state index < -0.39 is 6.04 Å². The Morgan fingerprint density at radius 3 is 3.00 bits per heavy atom. The van der Waals surface area contributed by atoms with E-state index in [9.17, 15) is 9.59 Å². The van der Waals surface area contributed by atoms with Gasteiger partial charge in [-0.3, -0.25) is 4.79 Å². The van der Waals surface area contributed by atoms with Crippen molar-refractivity contribution in [3.8, 4) is 0 Å². The lowest BCUT2D eigenvalue weighted by Gasteiger charge is -2.20. The van der Waals surface area contributed by atoms with Crippen molar-refractivity contribution in [2.75, 3.05) is 0 Å². The van der Waals surface area contributed by atoms with Crippen LogP contribution in [0.4, 0.5) is 4.79 Å². The van der Waals surface area contributed by atoms with Crippen molar-refractivity contribution in [2.24, 2.45) is 0 Å². The molecule has 0 saturated carbocycles. The van der Waals surface area contributed by atoms with Crippen molar-refractivity contribution in [2.45, 2.75) is 44.8 Å². The predicted octanol–water partition coefficient (Wildman–Crippen LogP) is 1.69. The molecule has 1 aromatic rings. The largest absolute Gasteiger partial charge is 0.467 e. The highest BCUT2D eigenvalue weighted by Crippen LogP contribution is 2.09. The van der Waals surface area contributed by atoms with Gasteiger partial charge in [-0.15, -0.1) is 0 Å². The number of amides is 3. The van der Waals surface area contributed by atoms with Gasteiger partial charge in [0.2, 0.25) is 5.91 Å². The molecule has 1 heterocycles. The van der Waals surface area contributed by atoms with Gasteiger partial charge in [0, 0.05) is 6.04 Å². The minimum Gasteiger partial charge on any atom is -0.467 e. The fourth-order valence-electron chi connectivity index (χ4n) is 2.15. The molecule has 1 aromatic heterocycles. The zero-order valence-corrected chi connectivity index (χ0v) is 12.1. The topological polar surface area (TPSA) is 83.4 Å². The van der Waals surface area contributed by atoms with E-state index in [-0.39, 0.29) is 18.0 Å². The van der Waals surface area contributed by atoms with E-state index in [4.69, 9.17) is 4.42 Å². The van der Waals surface area contributed by atoms with Crippen LogP contribution in [0.1, 0.15) is 31.9 Å². The second-order valence-corrected chi connectivity index (χ2v) is 5.10. The molecule has 114 valence electrons. The van der Waals surface area contributed by atoms with Crippen molar-refractivity contribution in [1.82, 2.24) is 16.0 Å². The third-order valence-electron chi connectivity index (χ3n) is 3.33. The molecule has 0 fully saturated rings. The first-order chi connectivity index (χ1) is 10.1. The van der Waals surface area contributed by atoms with Crippen LogP contribution < -0.4 is 16.0 Å². The van der Waals surface area contributed by atoms with Gasteiger partial charge in [-0.05, 0) is 38.3 Å². The minimum absolute atomic E-state index is 0.0529. The van der Waals surface area contributed by atoms with Gasteiger partial charge < -0.3 is 20.4 Å². The summed E-state index contributed by atoms with van der Waals surface area (Å²) in [4.78, 5) is 23.7. The van der Waals surface area contributed by atoms with Crippen LogP contribution in [0.15, 0.2) is 35.0 Å². The van der Waals surface area contributed by atoms with Gasteiger partial charge in [-0.2, -0.15) is 0 Å². The SMILES string of the molecule is C[C@H](NC(=O)N[C@@H]1C=CCCC1)C(=O)NCc1ccco1. The van der Waals surface area contributed by atoms with Crippen molar-refractivity contribution in [1.29, 1.82) is 0 Å². The Kier molecular flexibility index (Phi) is 5.43. The zero-order valence-electron chi connectivity index (χ0n) is 12.1. The first-order valence-corrected chi connectivity index (χ1v) is 7.19. The second-order valence-electron chi connectivity index (χ2n) is 5.10. The van der Waals surface area contributed by atoms with Crippen LogP contribution in [-0.2, 0) is 11.3 Å². The normalized spacial score (nSPS) is 18.8. The van der Waals surface area contributed by atoms with Gasteiger partial charge in [0.25, 0.3) is 0 Å². The van der Waals surface area contributed by atoms with E-state index in [2.05, 4.69) is 22.0 Å². The average molecular weight is 291 g/mol.